The van der Waals surface area contributed by atoms with E-state index in [-0.39, 0.29) is 0 Å². The summed E-state index contributed by atoms with van der Waals surface area (Å²) in [4.78, 5) is 9.22. The van der Waals surface area contributed by atoms with Crippen LogP contribution in [0.25, 0.3) is 11.6 Å². The molecule has 2 aromatic heterocycles. The first-order valence-corrected chi connectivity index (χ1v) is 6.83. The first-order valence-electron chi connectivity index (χ1n) is 6.83. The molecule has 4 nitrogen and oxygen atoms in total. The minimum absolute atomic E-state index is 0.670. The maximum Gasteiger partial charge on any atom is 0.198 e. The van der Waals surface area contributed by atoms with Gasteiger partial charge in [0.05, 0.1) is 6.26 Å². The van der Waals surface area contributed by atoms with E-state index < -0.39 is 0 Å². The van der Waals surface area contributed by atoms with E-state index in [1.54, 1.807) is 6.26 Å². The molecule has 0 saturated carbocycles. The van der Waals surface area contributed by atoms with Gasteiger partial charge in [0.15, 0.2) is 11.6 Å². The van der Waals surface area contributed by atoms with E-state index >= 15 is 0 Å². The van der Waals surface area contributed by atoms with Gasteiger partial charge in [0.25, 0.3) is 0 Å². The molecule has 0 aliphatic carbocycles. The lowest BCUT2D eigenvalue weighted by Crippen LogP contribution is -2.08. The topological polar surface area (TPSA) is 51.0 Å². The molecule has 2 aromatic rings. The van der Waals surface area contributed by atoms with Crippen LogP contribution in [0.2, 0.25) is 0 Å². The standard InChI is InChI=1S/C15H21N3O/c1-5-8-16-14-11(4)12(6-2)17-15(18-14)13-10(3)7-9-19-13/h7,9H,5-6,8H2,1-4H3,(H,16,17,18). The SMILES string of the molecule is CCCNc1nc(-c2occc2C)nc(CC)c1C. The van der Waals surface area contributed by atoms with Crippen LogP contribution in [-0.2, 0) is 6.42 Å². The molecule has 102 valence electrons. The molecule has 0 atom stereocenters. The number of hydrogen-bond acceptors (Lipinski definition) is 4. The largest absolute Gasteiger partial charge is 0.461 e. The first-order chi connectivity index (χ1) is 9.17. The lowest BCUT2D eigenvalue weighted by Gasteiger charge is -2.12. The molecule has 0 aliphatic heterocycles. The zero-order valence-electron chi connectivity index (χ0n) is 12.1. The summed E-state index contributed by atoms with van der Waals surface area (Å²) in [6, 6.07) is 1.93. The van der Waals surface area contributed by atoms with E-state index in [1.165, 1.54) is 0 Å². The van der Waals surface area contributed by atoms with Crippen molar-refractivity contribution in [2.75, 3.05) is 11.9 Å². The summed E-state index contributed by atoms with van der Waals surface area (Å²) in [5, 5.41) is 3.37. The molecule has 0 bridgehead atoms. The molecule has 0 saturated heterocycles. The summed E-state index contributed by atoms with van der Waals surface area (Å²) in [7, 11) is 0. The van der Waals surface area contributed by atoms with Gasteiger partial charge < -0.3 is 9.73 Å². The average molecular weight is 259 g/mol. The highest BCUT2D eigenvalue weighted by Crippen LogP contribution is 2.25. The van der Waals surface area contributed by atoms with Crippen LogP contribution in [0.1, 0.15) is 37.1 Å². The van der Waals surface area contributed by atoms with Crippen LogP contribution in [-0.4, -0.2) is 16.5 Å². The summed E-state index contributed by atoms with van der Waals surface area (Å²) in [5.74, 6) is 2.34. The third-order valence-corrected chi connectivity index (χ3v) is 3.19. The maximum atomic E-state index is 5.50. The van der Waals surface area contributed by atoms with Crippen LogP contribution in [0.3, 0.4) is 0 Å². The van der Waals surface area contributed by atoms with Crippen molar-refractivity contribution in [2.45, 2.75) is 40.5 Å². The Bertz CT molecular complexity index is 561. The monoisotopic (exact) mass is 259 g/mol. The maximum absolute atomic E-state index is 5.50. The molecule has 2 heterocycles. The van der Waals surface area contributed by atoms with E-state index in [0.717, 1.165) is 47.8 Å². The van der Waals surface area contributed by atoms with Crippen LogP contribution in [0.5, 0.6) is 0 Å². The molecule has 0 radical (unpaired) electrons. The van der Waals surface area contributed by atoms with Crippen molar-refractivity contribution in [2.24, 2.45) is 0 Å². The number of nitrogens with zero attached hydrogens (tertiary/aromatic N) is 2. The second-order valence-electron chi connectivity index (χ2n) is 4.68. The van der Waals surface area contributed by atoms with Crippen LogP contribution in [0.15, 0.2) is 16.7 Å². The van der Waals surface area contributed by atoms with Crippen molar-refractivity contribution in [1.82, 2.24) is 9.97 Å². The van der Waals surface area contributed by atoms with Crippen molar-refractivity contribution in [3.05, 3.63) is 29.2 Å². The average Bonchev–Trinajstić information content (AvgIpc) is 2.84. The quantitative estimate of drug-likeness (QED) is 0.888. The van der Waals surface area contributed by atoms with Gasteiger partial charge in [0, 0.05) is 17.8 Å². The van der Waals surface area contributed by atoms with Crippen molar-refractivity contribution >= 4 is 5.82 Å². The zero-order chi connectivity index (χ0) is 13.8. The highest BCUT2D eigenvalue weighted by Gasteiger charge is 2.14. The number of aryl methyl sites for hydroxylation is 2. The fourth-order valence-electron chi connectivity index (χ4n) is 2.03. The molecule has 4 heteroatoms. The van der Waals surface area contributed by atoms with Crippen molar-refractivity contribution < 1.29 is 4.42 Å². The number of furan rings is 1. The van der Waals surface area contributed by atoms with Gasteiger partial charge in [-0.05, 0) is 38.3 Å². The third kappa shape index (κ3) is 2.78. The summed E-state index contributed by atoms with van der Waals surface area (Å²) >= 11 is 0. The Morgan fingerprint density at radius 2 is 2.00 bits per heavy atom. The van der Waals surface area contributed by atoms with Gasteiger partial charge in [-0.1, -0.05) is 13.8 Å². The lowest BCUT2D eigenvalue weighted by atomic mass is 10.1. The molecule has 0 amide bonds. The van der Waals surface area contributed by atoms with Crippen molar-refractivity contribution in [3.8, 4) is 11.6 Å². The van der Waals surface area contributed by atoms with Gasteiger partial charge in [-0.2, -0.15) is 0 Å². The van der Waals surface area contributed by atoms with Gasteiger partial charge in [-0.3, -0.25) is 0 Å². The Hall–Kier alpha value is -1.84. The Kier molecular flexibility index (Phi) is 4.20. The predicted octanol–water partition coefficient (Wildman–Crippen LogP) is 3.74. The number of anilines is 1. The van der Waals surface area contributed by atoms with E-state index in [0.29, 0.717) is 5.82 Å². The predicted molar refractivity (Wildman–Crippen MR) is 77.4 cm³/mol. The molecule has 0 aromatic carbocycles. The second kappa shape index (κ2) is 5.87. The van der Waals surface area contributed by atoms with Crippen molar-refractivity contribution in [1.29, 1.82) is 0 Å². The number of hydrogen-bond donors (Lipinski definition) is 1. The fraction of sp³-hybridized carbons (Fsp3) is 0.467. The lowest BCUT2D eigenvalue weighted by molar-refractivity contribution is 0.575. The van der Waals surface area contributed by atoms with E-state index in [1.807, 2.05) is 13.0 Å². The number of nitrogens with one attached hydrogen (secondary N) is 1. The van der Waals surface area contributed by atoms with Gasteiger partial charge in [-0.25, -0.2) is 9.97 Å². The molecule has 19 heavy (non-hydrogen) atoms. The fourth-order valence-corrected chi connectivity index (χ4v) is 2.03. The van der Waals surface area contributed by atoms with Crippen LogP contribution < -0.4 is 5.32 Å². The summed E-state index contributed by atoms with van der Waals surface area (Å²) < 4.78 is 5.50. The van der Waals surface area contributed by atoms with Gasteiger partial charge in [-0.15, -0.1) is 0 Å². The highest BCUT2D eigenvalue weighted by atomic mass is 16.3. The molecule has 0 spiro atoms. The van der Waals surface area contributed by atoms with Gasteiger partial charge >= 0.3 is 0 Å². The molecule has 1 N–H and O–H groups in total. The van der Waals surface area contributed by atoms with E-state index in [9.17, 15) is 0 Å². The zero-order valence-corrected chi connectivity index (χ0v) is 12.1. The van der Waals surface area contributed by atoms with Crippen molar-refractivity contribution in [3.63, 3.8) is 0 Å². The Morgan fingerprint density at radius 3 is 2.58 bits per heavy atom. The van der Waals surface area contributed by atoms with Crippen LogP contribution in [0.4, 0.5) is 5.82 Å². The molecule has 0 fully saturated rings. The number of aromatic nitrogens is 2. The second-order valence-corrected chi connectivity index (χ2v) is 4.68. The van der Waals surface area contributed by atoms with E-state index in [2.05, 4.69) is 36.1 Å². The Labute approximate surface area is 114 Å². The molecular formula is C15H21N3O. The number of rotatable bonds is 5. The van der Waals surface area contributed by atoms with Gasteiger partial charge in [0.2, 0.25) is 0 Å². The molecule has 2 rings (SSSR count). The summed E-state index contributed by atoms with van der Waals surface area (Å²) in [6.07, 6.45) is 3.64. The highest BCUT2D eigenvalue weighted by molar-refractivity contribution is 5.58. The smallest absolute Gasteiger partial charge is 0.198 e. The summed E-state index contributed by atoms with van der Waals surface area (Å²) in [6.45, 7) is 9.24. The molecule has 0 aliphatic rings. The van der Waals surface area contributed by atoms with Gasteiger partial charge in [0.1, 0.15) is 5.82 Å². The Balaban J connectivity index is 2.47. The summed E-state index contributed by atoms with van der Waals surface area (Å²) in [5.41, 5.74) is 3.26. The molecule has 0 unspecified atom stereocenters. The third-order valence-electron chi connectivity index (χ3n) is 3.19. The minimum Gasteiger partial charge on any atom is -0.461 e. The van der Waals surface area contributed by atoms with Crippen LogP contribution in [0, 0.1) is 13.8 Å². The van der Waals surface area contributed by atoms with E-state index in [4.69, 9.17) is 4.42 Å². The Morgan fingerprint density at radius 1 is 1.21 bits per heavy atom. The first kappa shape index (κ1) is 13.6. The minimum atomic E-state index is 0.670. The van der Waals surface area contributed by atoms with Crippen LogP contribution >= 0.6 is 0 Å². The molecular weight excluding hydrogens is 238 g/mol. The normalized spacial score (nSPS) is 10.7.